The van der Waals surface area contributed by atoms with Gasteiger partial charge >= 0.3 is 5.97 Å². The van der Waals surface area contributed by atoms with Gasteiger partial charge in [0.05, 0.1) is 7.11 Å². The highest BCUT2D eigenvalue weighted by Crippen LogP contribution is 2.30. The Morgan fingerprint density at radius 1 is 1.19 bits per heavy atom. The van der Waals surface area contributed by atoms with Crippen molar-refractivity contribution in [3.8, 4) is 10.6 Å². The van der Waals surface area contributed by atoms with Crippen LogP contribution in [-0.2, 0) is 4.74 Å². The van der Waals surface area contributed by atoms with Crippen LogP contribution < -0.4 is 0 Å². The molecular weight excluding hydrogens is 286 g/mol. The molecule has 1 heterocycles. The SMILES string of the molecule is COC(=O)c1nc(-c2ccc(C(C)C)cc2)sc1C(C)=O. The number of carbonyl (C=O) groups excluding carboxylic acids is 2. The van der Waals surface area contributed by atoms with Gasteiger partial charge in [-0.25, -0.2) is 9.78 Å². The molecule has 4 nitrogen and oxygen atoms in total. The summed E-state index contributed by atoms with van der Waals surface area (Å²) in [6.07, 6.45) is 0. The summed E-state index contributed by atoms with van der Waals surface area (Å²) in [5.41, 5.74) is 2.22. The lowest BCUT2D eigenvalue weighted by Gasteiger charge is -2.05. The molecule has 0 saturated carbocycles. The number of carbonyl (C=O) groups is 2. The molecule has 0 N–H and O–H groups in total. The van der Waals surface area contributed by atoms with Gasteiger partial charge in [0.15, 0.2) is 11.5 Å². The summed E-state index contributed by atoms with van der Waals surface area (Å²) in [7, 11) is 1.28. The number of esters is 1. The molecule has 0 radical (unpaired) electrons. The molecule has 0 bridgehead atoms. The number of ketones is 1. The maximum absolute atomic E-state index is 11.7. The maximum atomic E-state index is 11.7. The highest BCUT2D eigenvalue weighted by Gasteiger charge is 2.22. The van der Waals surface area contributed by atoms with Gasteiger partial charge in [-0.1, -0.05) is 38.1 Å². The zero-order valence-electron chi connectivity index (χ0n) is 12.5. The van der Waals surface area contributed by atoms with Crippen molar-refractivity contribution in [2.75, 3.05) is 7.11 Å². The van der Waals surface area contributed by atoms with Gasteiger partial charge in [0.25, 0.3) is 0 Å². The fourth-order valence-corrected chi connectivity index (χ4v) is 2.88. The zero-order chi connectivity index (χ0) is 15.6. The second-order valence-electron chi connectivity index (χ2n) is 5.02. The summed E-state index contributed by atoms with van der Waals surface area (Å²) in [6, 6.07) is 7.98. The van der Waals surface area contributed by atoms with E-state index in [1.54, 1.807) is 0 Å². The molecule has 5 heteroatoms. The van der Waals surface area contributed by atoms with E-state index in [9.17, 15) is 9.59 Å². The van der Waals surface area contributed by atoms with Crippen molar-refractivity contribution in [2.24, 2.45) is 0 Å². The minimum absolute atomic E-state index is 0.0953. The maximum Gasteiger partial charge on any atom is 0.358 e. The first-order valence-corrected chi connectivity index (χ1v) is 7.46. The fourth-order valence-electron chi connectivity index (χ4n) is 1.93. The van der Waals surface area contributed by atoms with E-state index in [1.165, 1.54) is 30.9 Å². The number of aromatic nitrogens is 1. The van der Waals surface area contributed by atoms with Crippen molar-refractivity contribution in [3.05, 3.63) is 40.4 Å². The van der Waals surface area contributed by atoms with E-state index in [0.717, 1.165) is 5.56 Å². The first kappa shape index (κ1) is 15.4. The third-order valence-corrected chi connectivity index (χ3v) is 4.36. The van der Waals surface area contributed by atoms with Crippen molar-refractivity contribution < 1.29 is 14.3 Å². The Kier molecular flexibility index (Phi) is 4.53. The Hall–Kier alpha value is -2.01. The largest absolute Gasteiger partial charge is 0.464 e. The number of benzene rings is 1. The van der Waals surface area contributed by atoms with Gasteiger partial charge in [-0.2, -0.15) is 0 Å². The third kappa shape index (κ3) is 3.19. The second-order valence-corrected chi connectivity index (χ2v) is 6.02. The van der Waals surface area contributed by atoms with Crippen LogP contribution in [0.5, 0.6) is 0 Å². The monoisotopic (exact) mass is 303 g/mol. The number of hydrogen-bond donors (Lipinski definition) is 0. The van der Waals surface area contributed by atoms with Gasteiger partial charge < -0.3 is 4.74 Å². The molecule has 0 unspecified atom stereocenters. The van der Waals surface area contributed by atoms with Crippen LogP contribution in [0.2, 0.25) is 0 Å². The number of thiazole rings is 1. The number of nitrogens with zero attached hydrogens (tertiary/aromatic N) is 1. The van der Waals surface area contributed by atoms with E-state index in [0.29, 0.717) is 15.8 Å². The summed E-state index contributed by atoms with van der Waals surface area (Å²) in [5, 5.41) is 0.649. The van der Waals surface area contributed by atoms with Gasteiger partial charge in [0.1, 0.15) is 9.88 Å². The molecule has 21 heavy (non-hydrogen) atoms. The average molecular weight is 303 g/mol. The molecule has 2 aromatic rings. The summed E-state index contributed by atoms with van der Waals surface area (Å²) < 4.78 is 4.68. The van der Waals surface area contributed by atoms with E-state index in [1.807, 2.05) is 24.3 Å². The lowest BCUT2D eigenvalue weighted by Crippen LogP contribution is -2.06. The molecule has 1 aromatic heterocycles. The molecule has 0 aliphatic carbocycles. The Balaban J connectivity index is 2.44. The smallest absolute Gasteiger partial charge is 0.358 e. The molecule has 0 fully saturated rings. The molecule has 0 saturated heterocycles. The van der Waals surface area contributed by atoms with Gasteiger partial charge in [-0.3, -0.25) is 4.79 Å². The van der Waals surface area contributed by atoms with Gasteiger partial charge in [0, 0.05) is 12.5 Å². The lowest BCUT2D eigenvalue weighted by atomic mass is 10.0. The molecule has 0 spiro atoms. The van der Waals surface area contributed by atoms with Crippen molar-refractivity contribution in [2.45, 2.75) is 26.7 Å². The predicted octanol–water partition coefficient (Wildman–Crippen LogP) is 3.92. The van der Waals surface area contributed by atoms with E-state index in [-0.39, 0.29) is 11.5 Å². The van der Waals surface area contributed by atoms with Crippen molar-refractivity contribution >= 4 is 23.1 Å². The first-order chi connectivity index (χ1) is 9.93. The molecule has 0 aliphatic rings. The molecule has 0 amide bonds. The lowest BCUT2D eigenvalue weighted by molar-refractivity contribution is 0.0591. The number of Topliss-reactive ketones (excluding diaryl/α,β-unsaturated/α-hetero) is 1. The summed E-state index contributed by atoms with van der Waals surface area (Å²) in [4.78, 5) is 27.9. The Morgan fingerprint density at radius 3 is 2.29 bits per heavy atom. The van der Waals surface area contributed by atoms with Crippen LogP contribution in [-0.4, -0.2) is 23.8 Å². The third-order valence-electron chi connectivity index (χ3n) is 3.15. The number of ether oxygens (including phenoxy) is 1. The summed E-state index contributed by atoms with van der Waals surface area (Å²) in [6.45, 7) is 5.68. The van der Waals surface area contributed by atoms with Crippen LogP contribution in [0.3, 0.4) is 0 Å². The minimum atomic E-state index is -0.582. The number of methoxy groups -OCH3 is 1. The van der Waals surface area contributed by atoms with Crippen LogP contribution in [0.15, 0.2) is 24.3 Å². The topological polar surface area (TPSA) is 56.3 Å². The van der Waals surface area contributed by atoms with Gasteiger partial charge in [-0.15, -0.1) is 11.3 Å². The summed E-state index contributed by atoms with van der Waals surface area (Å²) >= 11 is 1.22. The minimum Gasteiger partial charge on any atom is -0.464 e. The average Bonchev–Trinajstić information content (AvgIpc) is 2.92. The van der Waals surface area contributed by atoms with E-state index >= 15 is 0 Å². The highest BCUT2D eigenvalue weighted by atomic mass is 32.1. The fraction of sp³-hybridized carbons (Fsp3) is 0.312. The number of hydrogen-bond acceptors (Lipinski definition) is 5. The Bertz CT molecular complexity index is 671. The first-order valence-electron chi connectivity index (χ1n) is 6.64. The number of rotatable bonds is 4. The van der Waals surface area contributed by atoms with Crippen molar-refractivity contribution in [1.82, 2.24) is 4.98 Å². The molecule has 0 aliphatic heterocycles. The van der Waals surface area contributed by atoms with Crippen molar-refractivity contribution in [3.63, 3.8) is 0 Å². The molecule has 0 atom stereocenters. The normalized spacial score (nSPS) is 10.7. The molecular formula is C16H17NO3S. The second kappa shape index (κ2) is 6.18. The van der Waals surface area contributed by atoms with Gasteiger partial charge in [-0.05, 0) is 11.5 Å². The van der Waals surface area contributed by atoms with Crippen LogP contribution in [0, 0.1) is 0 Å². The Morgan fingerprint density at radius 2 is 1.81 bits per heavy atom. The van der Waals surface area contributed by atoms with E-state index in [4.69, 9.17) is 0 Å². The van der Waals surface area contributed by atoms with Crippen LogP contribution in [0.1, 0.15) is 52.4 Å². The van der Waals surface area contributed by atoms with Crippen LogP contribution in [0.4, 0.5) is 0 Å². The van der Waals surface area contributed by atoms with Crippen molar-refractivity contribution in [1.29, 1.82) is 0 Å². The van der Waals surface area contributed by atoms with E-state index in [2.05, 4.69) is 23.6 Å². The summed E-state index contributed by atoms with van der Waals surface area (Å²) in [5.74, 6) is -0.312. The van der Waals surface area contributed by atoms with Crippen LogP contribution in [0.25, 0.3) is 10.6 Å². The van der Waals surface area contributed by atoms with Crippen LogP contribution >= 0.6 is 11.3 Å². The van der Waals surface area contributed by atoms with E-state index < -0.39 is 5.97 Å². The zero-order valence-corrected chi connectivity index (χ0v) is 13.3. The van der Waals surface area contributed by atoms with Gasteiger partial charge in [0.2, 0.25) is 0 Å². The Labute approximate surface area is 127 Å². The molecule has 1 aromatic carbocycles. The molecule has 110 valence electrons. The highest BCUT2D eigenvalue weighted by molar-refractivity contribution is 7.17. The molecule has 2 rings (SSSR count). The predicted molar refractivity (Wildman–Crippen MR) is 83.0 cm³/mol. The standard InChI is InChI=1S/C16H17NO3S/c1-9(2)11-5-7-12(8-6-11)15-17-13(16(19)20-4)14(21-15)10(3)18/h5-9H,1-4H3. The quantitative estimate of drug-likeness (QED) is 0.634.